The first-order chi connectivity index (χ1) is 13.7. The third kappa shape index (κ3) is 6.05. The first-order valence-corrected chi connectivity index (χ1v) is 10.1. The van der Waals surface area contributed by atoms with Gasteiger partial charge in [0.1, 0.15) is 11.6 Å². The lowest BCUT2D eigenvalue weighted by Gasteiger charge is -2.12. The van der Waals surface area contributed by atoms with Gasteiger partial charge in [-0.3, -0.25) is 0 Å². The Bertz CT molecular complexity index is 785. The van der Waals surface area contributed by atoms with Crippen LogP contribution < -0.4 is 10.6 Å². The van der Waals surface area contributed by atoms with Crippen LogP contribution in [0.15, 0.2) is 35.6 Å². The van der Waals surface area contributed by atoms with Crippen LogP contribution in [-0.4, -0.2) is 41.8 Å². The number of guanidine groups is 1. The SMILES string of the molecule is CCNC(=NCc1ccc(-n2ccnc2C)c(F)c1)NCCCOCC1CC1. The van der Waals surface area contributed by atoms with Crippen molar-refractivity contribution in [2.75, 3.05) is 26.3 Å². The Kier molecular flexibility index (Phi) is 7.42. The number of ether oxygens (including phenoxy) is 1. The molecule has 1 aromatic carbocycles. The monoisotopic (exact) mass is 387 g/mol. The first kappa shape index (κ1) is 20.3. The molecule has 0 saturated heterocycles. The van der Waals surface area contributed by atoms with E-state index in [2.05, 4.69) is 20.6 Å². The molecule has 2 N–H and O–H groups in total. The Morgan fingerprint density at radius 1 is 1.36 bits per heavy atom. The number of hydrogen-bond donors (Lipinski definition) is 2. The maximum Gasteiger partial charge on any atom is 0.191 e. The summed E-state index contributed by atoms with van der Waals surface area (Å²) in [7, 11) is 0. The number of nitrogens with one attached hydrogen (secondary N) is 2. The molecular weight excluding hydrogens is 357 g/mol. The van der Waals surface area contributed by atoms with Crippen LogP contribution in [0.4, 0.5) is 4.39 Å². The van der Waals surface area contributed by atoms with E-state index in [1.807, 2.05) is 19.9 Å². The van der Waals surface area contributed by atoms with Crippen molar-refractivity contribution in [3.05, 3.63) is 47.8 Å². The van der Waals surface area contributed by atoms with E-state index in [9.17, 15) is 4.39 Å². The van der Waals surface area contributed by atoms with Crippen LogP contribution in [0.25, 0.3) is 5.69 Å². The van der Waals surface area contributed by atoms with E-state index in [4.69, 9.17) is 4.74 Å². The van der Waals surface area contributed by atoms with Crippen molar-refractivity contribution in [2.45, 2.75) is 39.7 Å². The molecule has 0 unspecified atom stereocenters. The predicted octanol–water partition coefficient (Wildman–Crippen LogP) is 3.19. The van der Waals surface area contributed by atoms with E-state index >= 15 is 0 Å². The first-order valence-electron chi connectivity index (χ1n) is 10.1. The molecule has 1 heterocycles. The molecule has 0 bridgehead atoms. The number of benzene rings is 1. The van der Waals surface area contributed by atoms with Gasteiger partial charge in [0.15, 0.2) is 5.96 Å². The summed E-state index contributed by atoms with van der Waals surface area (Å²) in [6.45, 7) is 7.52. The van der Waals surface area contributed by atoms with Crippen molar-refractivity contribution in [3.8, 4) is 5.69 Å². The van der Waals surface area contributed by atoms with Crippen molar-refractivity contribution in [3.63, 3.8) is 0 Å². The summed E-state index contributed by atoms with van der Waals surface area (Å²) < 4.78 is 21.9. The highest BCUT2D eigenvalue weighted by atomic mass is 19.1. The maximum absolute atomic E-state index is 14.5. The standard InChI is InChI=1S/C21H30FN5O/c1-3-23-21(25-9-4-12-28-15-17-5-6-17)26-14-18-7-8-20(19(22)13-18)27-11-10-24-16(27)2/h7-8,10-11,13,17H,3-6,9,12,14-15H2,1-2H3,(H2,23,25,26). The normalized spacial score (nSPS) is 14.3. The average Bonchev–Trinajstić information content (AvgIpc) is 3.42. The fourth-order valence-corrected chi connectivity index (χ4v) is 2.90. The smallest absolute Gasteiger partial charge is 0.191 e. The van der Waals surface area contributed by atoms with Gasteiger partial charge < -0.3 is 19.9 Å². The molecule has 0 atom stereocenters. The number of nitrogens with zero attached hydrogens (tertiary/aromatic N) is 3. The molecule has 3 rings (SSSR count). The zero-order valence-electron chi connectivity index (χ0n) is 16.7. The topological polar surface area (TPSA) is 63.5 Å². The highest BCUT2D eigenvalue weighted by Gasteiger charge is 2.20. The fraction of sp³-hybridized carbons (Fsp3) is 0.524. The summed E-state index contributed by atoms with van der Waals surface area (Å²) in [5, 5.41) is 6.52. The lowest BCUT2D eigenvalue weighted by Crippen LogP contribution is -2.38. The van der Waals surface area contributed by atoms with Crippen LogP contribution in [0.2, 0.25) is 0 Å². The number of aryl methyl sites for hydroxylation is 1. The van der Waals surface area contributed by atoms with Crippen LogP contribution in [0.5, 0.6) is 0 Å². The van der Waals surface area contributed by atoms with Crippen molar-refractivity contribution in [1.82, 2.24) is 20.2 Å². The highest BCUT2D eigenvalue weighted by Crippen LogP contribution is 2.28. The maximum atomic E-state index is 14.5. The van der Waals surface area contributed by atoms with Gasteiger partial charge in [-0.15, -0.1) is 0 Å². The van der Waals surface area contributed by atoms with Crippen LogP contribution >= 0.6 is 0 Å². The van der Waals surface area contributed by atoms with Crippen molar-refractivity contribution >= 4 is 5.96 Å². The van der Waals surface area contributed by atoms with Gasteiger partial charge in [-0.25, -0.2) is 14.4 Å². The van der Waals surface area contributed by atoms with Gasteiger partial charge in [-0.2, -0.15) is 0 Å². The molecule has 152 valence electrons. The van der Waals surface area contributed by atoms with Gasteiger partial charge in [-0.1, -0.05) is 6.07 Å². The predicted molar refractivity (Wildman–Crippen MR) is 109 cm³/mol. The second-order valence-corrected chi connectivity index (χ2v) is 7.12. The molecule has 2 aromatic rings. The average molecular weight is 388 g/mol. The molecule has 0 spiro atoms. The summed E-state index contributed by atoms with van der Waals surface area (Å²) in [4.78, 5) is 8.70. The Morgan fingerprint density at radius 2 is 2.21 bits per heavy atom. The van der Waals surface area contributed by atoms with E-state index in [0.29, 0.717) is 12.2 Å². The molecule has 1 aliphatic carbocycles. The van der Waals surface area contributed by atoms with E-state index < -0.39 is 0 Å². The van der Waals surface area contributed by atoms with E-state index in [-0.39, 0.29) is 5.82 Å². The highest BCUT2D eigenvalue weighted by molar-refractivity contribution is 5.79. The Hall–Kier alpha value is -2.41. The molecule has 6 nitrogen and oxygen atoms in total. The summed E-state index contributed by atoms with van der Waals surface area (Å²) in [5.41, 5.74) is 1.32. The van der Waals surface area contributed by atoms with Gasteiger partial charge in [-0.05, 0) is 56.7 Å². The van der Waals surface area contributed by atoms with E-state index in [0.717, 1.165) is 56.0 Å². The minimum Gasteiger partial charge on any atom is -0.381 e. The summed E-state index contributed by atoms with van der Waals surface area (Å²) >= 11 is 0. The third-order valence-corrected chi connectivity index (χ3v) is 4.67. The summed E-state index contributed by atoms with van der Waals surface area (Å²) in [6, 6.07) is 5.20. The molecule has 0 amide bonds. The van der Waals surface area contributed by atoms with Gasteiger partial charge in [0, 0.05) is 38.7 Å². The van der Waals surface area contributed by atoms with Crippen molar-refractivity contribution < 1.29 is 9.13 Å². The van der Waals surface area contributed by atoms with E-state index in [1.54, 1.807) is 23.0 Å². The number of halogens is 1. The summed E-state index contributed by atoms with van der Waals surface area (Å²) in [6.07, 6.45) is 6.99. The molecule has 1 aliphatic rings. The Balaban J connectivity index is 1.50. The molecule has 1 fully saturated rings. The van der Waals surface area contributed by atoms with Crippen LogP contribution in [0.3, 0.4) is 0 Å². The summed E-state index contributed by atoms with van der Waals surface area (Å²) in [5.74, 6) is 2.01. The quantitative estimate of drug-likeness (QED) is 0.373. The zero-order chi connectivity index (χ0) is 19.8. The second-order valence-electron chi connectivity index (χ2n) is 7.12. The van der Waals surface area contributed by atoms with Crippen molar-refractivity contribution in [1.29, 1.82) is 0 Å². The molecule has 28 heavy (non-hydrogen) atoms. The second kappa shape index (κ2) is 10.2. The molecule has 0 radical (unpaired) electrons. The molecule has 1 aromatic heterocycles. The van der Waals surface area contributed by atoms with Gasteiger partial charge >= 0.3 is 0 Å². The van der Waals surface area contributed by atoms with Gasteiger partial charge in [0.05, 0.1) is 12.2 Å². The Labute approximate surface area is 166 Å². The minimum atomic E-state index is -0.278. The van der Waals surface area contributed by atoms with Gasteiger partial charge in [0.25, 0.3) is 0 Å². The number of hydrogen-bond acceptors (Lipinski definition) is 3. The minimum absolute atomic E-state index is 0.278. The van der Waals surface area contributed by atoms with Crippen LogP contribution in [-0.2, 0) is 11.3 Å². The zero-order valence-corrected chi connectivity index (χ0v) is 16.7. The molecule has 1 saturated carbocycles. The number of aromatic nitrogens is 2. The Morgan fingerprint density at radius 3 is 2.89 bits per heavy atom. The third-order valence-electron chi connectivity index (χ3n) is 4.67. The van der Waals surface area contributed by atoms with Crippen LogP contribution in [0, 0.1) is 18.7 Å². The lowest BCUT2D eigenvalue weighted by molar-refractivity contribution is 0.123. The molecule has 7 heteroatoms. The van der Waals surface area contributed by atoms with E-state index in [1.165, 1.54) is 18.9 Å². The van der Waals surface area contributed by atoms with Gasteiger partial charge in [0.2, 0.25) is 0 Å². The number of rotatable bonds is 10. The number of imidazole rings is 1. The fourth-order valence-electron chi connectivity index (χ4n) is 2.90. The lowest BCUT2D eigenvalue weighted by atomic mass is 10.2. The molecular formula is C21H30FN5O. The molecule has 0 aliphatic heterocycles. The van der Waals surface area contributed by atoms with Crippen LogP contribution in [0.1, 0.15) is 37.6 Å². The number of aliphatic imine (C=N–C) groups is 1. The van der Waals surface area contributed by atoms with Crippen molar-refractivity contribution in [2.24, 2.45) is 10.9 Å². The largest absolute Gasteiger partial charge is 0.381 e.